The molecule has 1 aromatic heterocycles. The Hall–Kier alpha value is -3.18. The van der Waals surface area contributed by atoms with E-state index in [1.807, 2.05) is 16.8 Å². The van der Waals surface area contributed by atoms with Crippen LogP contribution in [0.2, 0.25) is 0 Å². The summed E-state index contributed by atoms with van der Waals surface area (Å²) in [4.78, 5) is 39.7. The Labute approximate surface area is 208 Å². The number of piperidine rings is 1. The molecule has 4 heterocycles. The van der Waals surface area contributed by atoms with Crippen molar-refractivity contribution in [1.29, 1.82) is 0 Å². The molecule has 1 spiro atoms. The van der Waals surface area contributed by atoms with E-state index in [1.54, 1.807) is 18.1 Å². The zero-order valence-corrected chi connectivity index (χ0v) is 20.7. The number of carbonyl (C=O) groups excluding carboxylic acids is 1. The van der Waals surface area contributed by atoms with Gasteiger partial charge in [-0.3, -0.25) is 14.6 Å². The van der Waals surface area contributed by atoms with Crippen LogP contribution >= 0.6 is 0 Å². The molecular weight excluding hydrogens is 469 g/mol. The molecule has 2 aromatic rings. The summed E-state index contributed by atoms with van der Waals surface area (Å²) < 4.78 is 26.2. The van der Waals surface area contributed by atoms with Crippen molar-refractivity contribution in [3.63, 3.8) is 0 Å². The molecule has 0 atom stereocenters. The van der Waals surface area contributed by atoms with Gasteiger partial charge in [-0.2, -0.15) is 4.98 Å². The van der Waals surface area contributed by atoms with E-state index in [4.69, 9.17) is 19.6 Å². The van der Waals surface area contributed by atoms with Crippen LogP contribution < -0.4 is 25.0 Å². The van der Waals surface area contributed by atoms with Crippen LogP contribution in [0.15, 0.2) is 16.9 Å². The van der Waals surface area contributed by atoms with Crippen molar-refractivity contribution in [3.05, 3.63) is 39.4 Å². The molecule has 10 nitrogen and oxygen atoms in total. The number of nitrogens with zero attached hydrogens (tertiary/aromatic N) is 4. The van der Waals surface area contributed by atoms with Gasteiger partial charge in [-0.1, -0.05) is 0 Å². The molecule has 194 valence electrons. The molecule has 0 unspecified atom stereocenters. The number of aliphatic hydroxyl groups excluding tert-OH is 1. The van der Waals surface area contributed by atoms with Crippen LogP contribution in [0.25, 0.3) is 0 Å². The van der Waals surface area contributed by atoms with E-state index in [-0.39, 0.29) is 30.4 Å². The number of ether oxygens (including phenoxy) is 2. The third-order valence-electron chi connectivity index (χ3n) is 7.53. The fourth-order valence-corrected chi connectivity index (χ4v) is 5.71. The Morgan fingerprint density at radius 1 is 1.19 bits per heavy atom. The highest BCUT2D eigenvalue weighted by Crippen LogP contribution is 2.50. The van der Waals surface area contributed by atoms with Gasteiger partial charge in [-0.05, 0) is 25.7 Å². The predicted octanol–water partition coefficient (Wildman–Crippen LogP) is 1.19. The fraction of sp³-hybridized carbons (Fsp3) is 0.560. The molecule has 1 fully saturated rings. The van der Waals surface area contributed by atoms with E-state index in [1.165, 1.54) is 6.07 Å². The molecular formula is C25H32FN5O5. The molecule has 0 radical (unpaired) electrons. The van der Waals surface area contributed by atoms with Gasteiger partial charge in [0, 0.05) is 58.0 Å². The van der Waals surface area contributed by atoms with Crippen molar-refractivity contribution in [3.8, 4) is 5.75 Å². The zero-order chi connectivity index (χ0) is 25.4. The first-order chi connectivity index (χ1) is 17.4. The number of aliphatic hydroxyl groups is 1. The van der Waals surface area contributed by atoms with Gasteiger partial charge in [0.05, 0.1) is 29.9 Å². The van der Waals surface area contributed by atoms with Crippen LogP contribution in [-0.4, -0.2) is 81.1 Å². The number of aromatic amines is 1. The summed E-state index contributed by atoms with van der Waals surface area (Å²) >= 11 is 0. The molecule has 11 heteroatoms. The first-order valence-corrected chi connectivity index (χ1v) is 12.4. The van der Waals surface area contributed by atoms with E-state index in [9.17, 15) is 9.59 Å². The SMILES string of the molecule is COCCN1C(=O)C2(CCN(c3nc4c(c(=O)[nH]3)CCCN4C)CC2)c2c(F)cc(OCCO)cc21. The molecule has 3 aliphatic rings. The van der Waals surface area contributed by atoms with E-state index >= 15 is 4.39 Å². The lowest BCUT2D eigenvalue weighted by Crippen LogP contribution is -2.50. The third kappa shape index (κ3) is 4.00. The standard InChI is InChI=1S/C25H32FN5O5/c1-29-7-3-4-17-21(29)27-24(28-22(17)33)30-8-5-25(6-9-30)20-18(26)14-16(36-13-11-32)15-19(20)31(23(25)34)10-12-35-2/h14-15,32H,3-13H2,1-2H3,(H,27,28,33). The van der Waals surface area contributed by atoms with Crippen LogP contribution in [0.5, 0.6) is 5.75 Å². The first-order valence-electron chi connectivity index (χ1n) is 12.4. The summed E-state index contributed by atoms with van der Waals surface area (Å²) in [5.74, 6) is 0.806. The summed E-state index contributed by atoms with van der Waals surface area (Å²) in [7, 11) is 3.49. The average Bonchev–Trinajstić information content (AvgIpc) is 3.09. The number of hydrogen-bond donors (Lipinski definition) is 2. The minimum absolute atomic E-state index is 0.0333. The molecule has 36 heavy (non-hydrogen) atoms. The van der Waals surface area contributed by atoms with Gasteiger partial charge in [0.1, 0.15) is 24.0 Å². The number of H-pyrrole nitrogens is 1. The van der Waals surface area contributed by atoms with Crippen molar-refractivity contribution >= 4 is 23.4 Å². The number of benzene rings is 1. The molecule has 5 rings (SSSR count). The van der Waals surface area contributed by atoms with Gasteiger partial charge < -0.3 is 29.3 Å². The number of carbonyl (C=O) groups is 1. The summed E-state index contributed by atoms with van der Waals surface area (Å²) in [6.45, 7) is 2.17. The number of anilines is 3. The van der Waals surface area contributed by atoms with Gasteiger partial charge in [-0.15, -0.1) is 0 Å². The molecule has 3 aliphatic heterocycles. The number of amides is 1. The minimum atomic E-state index is -1.01. The fourth-order valence-electron chi connectivity index (χ4n) is 5.71. The summed E-state index contributed by atoms with van der Waals surface area (Å²) in [6, 6.07) is 2.95. The second kappa shape index (κ2) is 9.70. The highest BCUT2D eigenvalue weighted by molar-refractivity contribution is 6.08. The summed E-state index contributed by atoms with van der Waals surface area (Å²) in [5, 5.41) is 9.08. The molecule has 1 saturated heterocycles. The Bertz CT molecular complexity index is 1210. The van der Waals surface area contributed by atoms with Crippen molar-refractivity contribution in [1.82, 2.24) is 9.97 Å². The van der Waals surface area contributed by atoms with E-state index < -0.39 is 11.2 Å². The van der Waals surface area contributed by atoms with Gasteiger partial charge >= 0.3 is 0 Å². The van der Waals surface area contributed by atoms with Gasteiger partial charge in [0.25, 0.3) is 5.56 Å². The van der Waals surface area contributed by atoms with Crippen molar-refractivity contribution in [2.45, 2.75) is 31.1 Å². The molecule has 2 N–H and O–H groups in total. The van der Waals surface area contributed by atoms with Gasteiger partial charge in [0.2, 0.25) is 11.9 Å². The maximum Gasteiger partial charge on any atom is 0.257 e. The van der Waals surface area contributed by atoms with Crippen molar-refractivity contribution in [2.75, 3.05) is 74.9 Å². The number of fused-ring (bicyclic) bond motifs is 3. The molecule has 1 amide bonds. The highest BCUT2D eigenvalue weighted by Gasteiger charge is 2.54. The van der Waals surface area contributed by atoms with E-state index in [0.717, 1.165) is 13.0 Å². The number of halogens is 1. The molecule has 1 aromatic carbocycles. The summed E-state index contributed by atoms with van der Waals surface area (Å²) in [6.07, 6.45) is 2.38. The third-order valence-corrected chi connectivity index (χ3v) is 7.53. The maximum atomic E-state index is 15.5. The van der Waals surface area contributed by atoms with E-state index in [0.29, 0.717) is 74.1 Å². The minimum Gasteiger partial charge on any atom is -0.491 e. The second-order valence-corrected chi connectivity index (χ2v) is 9.61. The predicted molar refractivity (Wildman–Crippen MR) is 133 cm³/mol. The lowest BCUT2D eigenvalue weighted by Gasteiger charge is -2.39. The maximum absolute atomic E-state index is 15.5. The van der Waals surface area contributed by atoms with Crippen molar-refractivity contribution in [2.24, 2.45) is 0 Å². The summed E-state index contributed by atoms with van der Waals surface area (Å²) in [5.41, 5.74) is 0.434. The number of rotatable bonds is 7. The second-order valence-electron chi connectivity index (χ2n) is 9.61. The van der Waals surface area contributed by atoms with Crippen LogP contribution in [-0.2, 0) is 21.4 Å². The average molecular weight is 502 g/mol. The Balaban J connectivity index is 1.45. The van der Waals surface area contributed by atoms with Crippen LogP contribution in [0.3, 0.4) is 0 Å². The largest absolute Gasteiger partial charge is 0.491 e. The van der Waals surface area contributed by atoms with Crippen LogP contribution in [0.1, 0.15) is 30.4 Å². The number of methoxy groups -OCH3 is 1. The Morgan fingerprint density at radius 2 is 1.97 bits per heavy atom. The Kier molecular flexibility index (Phi) is 6.60. The number of aromatic nitrogens is 2. The zero-order valence-electron chi connectivity index (χ0n) is 20.7. The Morgan fingerprint density at radius 3 is 2.69 bits per heavy atom. The lowest BCUT2D eigenvalue weighted by atomic mass is 9.73. The molecule has 0 saturated carbocycles. The van der Waals surface area contributed by atoms with E-state index in [2.05, 4.69) is 4.98 Å². The van der Waals surface area contributed by atoms with Gasteiger partial charge in [0.15, 0.2) is 0 Å². The van der Waals surface area contributed by atoms with Crippen LogP contribution in [0, 0.1) is 5.82 Å². The smallest absolute Gasteiger partial charge is 0.257 e. The highest BCUT2D eigenvalue weighted by atomic mass is 19.1. The monoisotopic (exact) mass is 501 g/mol. The molecule has 0 aliphatic carbocycles. The lowest BCUT2D eigenvalue weighted by molar-refractivity contribution is -0.124. The number of hydrogen-bond acceptors (Lipinski definition) is 8. The number of nitrogens with one attached hydrogen (secondary N) is 1. The van der Waals surface area contributed by atoms with Crippen LogP contribution in [0.4, 0.5) is 21.8 Å². The van der Waals surface area contributed by atoms with Crippen molar-refractivity contribution < 1.29 is 23.8 Å². The quantitative estimate of drug-likeness (QED) is 0.582. The molecule has 0 bridgehead atoms. The normalized spacial score (nSPS) is 18.6. The van der Waals surface area contributed by atoms with Gasteiger partial charge in [-0.25, -0.2) is 4.39 Å². The topological polar surface area (TPSA) is 111 Å². The first kappa shape index (κ1) is 24.5.